The number of hydrogen-bond donors (Lipinski definition) is 0. The molecule has 156 valence electrons. The molecule has 3 rings (SSSR count). The predicted molar refractivity (Wildman–Crippen MR) is 111 cm³/mol. The maximum absolute atomic E-state index is 12.2. The molecule has 8 nitrogen and oxygen atoms in total. The lowest BCUT2D eigenvalue weighted by Gasteiger charge is -2.12. The molecule has 0 unspecified atom stereocenters. The van der Waals surface area contributed by atoms with Crippen molar-refractivity contribution in [3.8, 4) is 17.2 Å². The lowest BCUT2D eigenvalue weighted by molar-refractivity contribution is -0.139. The minimum atomic E-state index is -0.585. The molecule has 0 aliphatic carbocycles. The fourth-order valence-electron chi connectivity index (χ4n) is 2.87. The number of rotatable bonds is 7. The first-order valence-corrected chi connectivity index (χ1v) is 9.09. The average Bonchev–Trinajstić information content (AvgIpc) is 2.76. The van der Waals surface area contributed by atoms with Gasteiger partial charge in [-0.05, 0) is 30.7 Å². The van der Waals surface area contributed by atoms with Gasteiger partial charge in [-0.1, -0.05) is 6.07 Å². The molecule has 0 N–H and O–H groups in total. The highest BCUT2D eigenvalue weighted by Crippen LogP contribution is 2.35. The molecule has 0 aliphatic heterocycles. The van der Waals surface area contributed by atoms with Gasteiger partial charge in [0.05, 0.1) is 27.0 Å². The fraction of sp³-hybridized carbons (Fsp3) is 0.227. The van der Waals surface area contributed by atoms with E-state index < -0.39 is 5.97 Å². The van der Waals surface area contributed by atoms with Crippen LogP contribution in [0.15, 0.2) is 47.4 Å². The zero-order valence-corrected chi connectivity index (χ0v) is 17.2. The second-order valence-corrected chi connectivity index (χ2v) is 6.41. The maximum atomic E-state index is 12.2. The number of esters is 1. The SMILES string of the molecule is COc1cc(OC)c(OC)cc1/C=C/C(=O)OCc1cc(=O)n2cc(C)ccc2n1. The third-order valence-corrected chi connectivity index (χ3v) is 4.36. The van der Waals surface area contributed by atoms with Gasteiger partial charge in [0.2, 0.25) is 0 Å². The highest BCUT2D eigenvalue weighted by molar-refractivity contribution is 5.87. The van der Waals surface area contributed by atoms with E-state index in [0.717, 1.165) is 5.56 Å². The summed E-state index contributed by atoms with van der Waals surface area (Å²) in [7, 11) is 4.56. The minimum Gasteiger partial charge on any atom is -0.496 e. The van der Waals surface area contributed by atoms with E-state index in [9.17, 15) is 9.59 Å². The van der Waals surface area contributed by atoms with E-state index in [1.807, 2.05) is 13.0 Å². The Morgan fingerprint density at radius 3 is 2.43 bits per heavy atom. The average molecular weight is 410 g/mol. The largest absolute Gasteiger partial charge is 0.496 e. The number of methoxy groups -OCH3 is 3. The van der Waals surface area contributed by atoms with Gasteiger partial charge in [0.1, 0.15) is 18.0 Å². The molecule has 0 amide bonds. The predicted octanol–water partition coefficient (Wildman–Crippen LogP) is 2.79. The first-order chi connectivity index (χ1) is 14.4. The van der Waals surface area contributed by atoms with Crippen molar-refractivity contribution in [2.24, 2.45) is 0 Å². The topological polar surface area (TPSA) is 88.4 Å². The second kappa shape index (κ2) is 9.13. The number of carbonyl (C=O) groups excluding carboxylic acids is 1. The minimum absolute atomic E-state index is 0.119. The number of hydrogen-bond acceptors (Lipinski definition) is 7. The first-order valence-electron chi connectivity index (χ1n) is 9.09. The Balaban J connectivity index is 1.73. The van der Waals surface area contributed by atoms with Gasteiger partial charge in [-0.15, -0.1) is 0 Å². The number of nitrogens with zero attached hydrogens (tertiary/aromatic N) is 2. The summed E-state index contributed by atoms with van der Waals surface area (Å²) in [5.74, 6) is 0.939. The van der Waals surface area contributed by atoms with Crippen molar-refractivity contribution in [1.82, 2.24) is 9.38 Å². The van der Waals surface area contributed by atoms with E-state index in [0.29, 0.717) is 34.2 Å². The van der Waals surface area contributed by atoms with Crippen molar-refractivity contribution in [2.75, 3.05) is 21.3 Å². The van der Waals surface area contributed by atoms with E-state index >= 15 is 0 Å². The van der Waals surface area contributed by atoms with E-state index in [4.69, 9.17) is 18.9 Å². The molecule has 0 saturated heterocycles. The number of ether oxygens (including phenoxy) is 4. The summed E-state index contributed by atoms with van der Waals surface area (Å²) >= 11 is 0. The molecule has 8 heteroatoms. The van der Waals surface area contributed by atoms with Gasteiger partial charge < -0.3 is 18.9 Å². The summed E-state index contributed by atoms with van der Waals surface area (Å²) in [6, 6.07) is 8.30. The molecule has 3 aromatic rings. The van der Waals surface area contributed by atoms with E-state index in [1.165, 1.54) is 37.9 Å². The lowest BCUT2D eigenvalue weighted by atomic mass is 10.1. The Hall–Kier alpha value is -3.81. The summed E-state index contributed by atoms with van der Waals surface area (Å²) in [6.07, 6.45) is 4.52. The Labute approximate surface area is 173 Å². The number of fused-ring (bicyclic) bond motifs is 1. The molecule has 0 bridgehead atoms. The van der Waals surface area contributed by atoms with Crippen molar-refractivity contribution in [3.63, 3.8) is 0 Å². The number of aromatic nitrogens is 2. The Morgan fingerprint density at radius 1 is 1.03 bits per heavy atom. The molecule has 0 aliphatic rings. The zero-order chi connectivity index (χ0) is 21.7. The summed E-state index contributed by atoms with van der Waals surface area (Å²) in [4.78, 5) is 28.7. The normalized spacial score (nSPS) is 10.9. The first kappa shape index (κ1) is 20.9. The van der Waals surface area contributed by atoms with E-state index in [-0.39, 0.29) is 12.2 Å². The summed E-state index contributed by atoms with van der Waals surface area (Å²) in [5.41, 5.74) is 2.19. The highest BCUT2D eigenvalue weighted by atomic mass is 16.5. The van der Waals surface area contributed by atoms with Crippen LogP contribution in [0.2, 0.25) is 0 Å². The van der Waals surface area contributed by atoms with Crippen molar-refractivity contribution in [3.05, 3.63) is 69.8 Å². The maximum Gasteiger partial charge on any atom is 0.331 e. The van der Waals surface area contributed by atoms with E-state index in [2.05, 4.69) is 4.98 Å². The van der Waals surface area contributed by atoms with Crippen LogP contribution >= 0.6 is 0 Å². The standard InChI is InChI=1S/C22H22N2O6/c1-14-5-7-20-23-16(10-21(25)24(20)12-14)13-30-22(26)8-6-15-9-18(28-3)19(29-4)11-17(15)27-2/h5-12H,13H2,1-4H3/b8-6+. The third kappa shape index (κ3) is 4.60. The van der Waals surface area contributed by atoms with Gasteiger partial charge in [-0.3, -0.25) is 9.20 Å². The highest BCUT2D eigenvalue weighted by Gasteiger charge is 2.11. The number of benzene rings is 1. The van der Waals surface area contributed by atoms with Gasteiger partial charge in [-0.2, -0.15) is 0 Å². The molecule has 0 saturated carbocycles. The van der Waals surface area contributed by atoms with Crippen LogP contribution in [0.1, 0.15) is 16.8 Å². The quantitative estimate of drug-likeness (QED) is 0.437. The van der Waals surface area contributed by atoms with Crippen LogP contribution in [-0.4, -0.2) is 36.7 Å². The van der Waals surface area contributed by atoms with Gasteiger partial charge in [0, 0.05) is 30.0 Å². The van der Waals surface area contributed by atoms with Crippen LogP contribution in [-0.2, 0) is 16.1 Å². The van der Waals surface area contributed by atoms with Gasteiger partial charge in [-0.25, -0.2) is 9.78 Å². The second-order valence-electron chi connectivity index (χ2n) is 6.41. The molecule has 0 radical (unpaired) electrons. The van der Waals surface area contributed by atoms with E-state index in [1.54, 1.807) is 30.5 Å². The van der Waals surface area contributed by atoms with Gasteiger partial charge >= 0.3 is 5.97 Å². The number of aryl methyl sites for hydroxylation is 1. The van der Waals surface area contributed by atoms with Crippen LogP contribution in [0.25, 0.3) is 11.7 Å². The Kier molecular flexibility index (Phi) is 6.36. The molecule has 2 aromatic heterocycles. The van der Waals surface area contributed by atoms with Crippen molar-refractivity contribution in [1.29, 1.82) is 0 Å². The molecule has 0 spiro atoms. The van der Waals surface area contributed by atoms with Crippen LogP contribution in [0.3, 0.4) is 0 Å². The summed E-state index contributed by atoms with van der Waals surface area (Å²) in [5, 5.41) is 0. The number of carbonyl (C=O) groups is 1. The molecule has 0 fully saturated rings. The zero-order valence-electron chi connectivity index (χ0n) is 17.2. The summed E-state index contributed by atoms with van der Waals surface area (Å²) in [6.45, 7) is 1.77. The van der Waals surface area contributed by atoms with Gasteiger partial charge in [0.25, 0.3) is 5.56 Å². The van der Waals surface area contributed by atoms with Crippen LogP contribution < -0.4 is 19.8 Å². The van der Waals surface area contributed by atoms with Crippen LogP contribution in [0, 0.1) is 6.92 Å². The molecular formula is C22H22N2O6. The van der Waals surface area contributed by atoms with Gasteiger partial charge in [0.15, 0.2) is 11.5 Å². The molecule has 30 heavy (non-hydrogen) atoms. The molecule has 1 aromatic carbocycles. The monoisotopic (exact) mass is 410 g/mol. The van der Waals surface area contributed by atoms with Crippen LogP contribution in [0.4, 0.5) is 0 Å². The summed E-state index contributed by atoms with van der Waals surface area (Å²) < 4.78 is 22.5. The van der Waals surface area contributed by atoms with Crippen molar-refractivity contribution >= 4 is 17.7 Å². The number of pyridine rings is 1. The third-order valence-electron chi connectivity index (χ3n) is 4.36. The van der Waals surface area contributed by atoms with Crippen molar-refractivity contribution < 1.29 is 23.7 Å². The van der Waals surface area contributed by atoms with Crippen molar-refractivity contribution in [2.45, 2.75) is 13.5 Å². The smallest absolute Gasteiger partial charge is 0.331 e. The molecular weight excluding hydrogens is 388 g/mol. The van der Waals surface area contributed by atoms with Crippen LogP contribution in [0.5, 0.6) is 17.2 Å². The Morgan fingerprint density at radius 2 is 1.73 bits per heavy atom. The molecule has 0 atom stereocenters. The molecule has 2 heterocycles. The Bertz CT molecular complexity index is 1170. The fourth-order valence-corrected chi connectivity index (χ4v) is 2.87. The lowest BCUT2D eigenvalue weighted by Crippen LogP contribution is -2.16.